The molecule has 2 saturated heterocycles. The number of nitrogens with zero attached hydrogens (tertiary/aromatic N) is 3. The molecule has 24 heavy (non-hydrogen) atoms. The standard InChI is InChI=1S/C17H27N3O4/c1-5-6-11-23-15(21)20-12-14(13-20)18-7-9-19(10-8-18)16(22)24-17(2,3)4/h1,14H,6-13H2,2-4H3. The highest BCUT2D eigenvalue weighted by Crippen LogP contribution is 2.19. The van der Waals surface area contributed by atoms with Crippen LogP contribution in [0.1, 0.15) is 27.2 Å². The van der Waals surface area contributed by atoms with Crippen LogP contribution in [0.4, 0.5) is 9.59 Å². The topological polar surface area (TPSA) is 62.3 Å². The molecule has 2 amide bonds. The van der Waals surface area contributed by atoms with E-state index in [-0.39, 0.29) is 18.8 Å². The van der Waals surface area contributed by atoms with Crippen LogP contribution >= 0.6 is 0 Å². The number of piperazine rings is 1. The van der Waals surface area contributed by atoms with E-state index in [1.54, 1.807) is 9.80 Å². The van der Waals surface area contributed by atoms with Crippen molar-refractivity contribution in [2.45, 2.75) is 38.8 Å². The molecule has 134 valence electrons. The number of likely N-dealkylation sites (tertiary alicyclic amines) is 1. The third-order valence-corrected chi connectivity index (χ3v) is 4.07. The summed E-state index contributed by atoms with van der Waals surface area (Å²) >= 11 is 0. The Kier molecular flexibility index (Phi) is 5.94. The Bertz CT molecular complexity index is 495. The number of hydrogen-bond acceptors (Lipinski definition) is 5. The smallest absolute Gasteiger partial charge is 0.410 e. The van der Waals surface area contributed by atoms with Crippen molar-refractivity contribution in [3.05, 3.63) is 0 Å². The van der Waals surface area contributed by atoms with Gasteiger partial charge in [0.15, 0.2) is 0 Å². The fourth-order valence-corrected chi connectivity index (χ4v) is 2.72. The van der Waals surface area contributed by atoms with E-state index < -0.39 is 5.60 Å². The molecule has 0 atom stereocenters. The summed E-state index contributed by atoms with van der Waals surface area (Å²) in [6.45, 7) is 10.1. The van der Waals surface area contributed by atoms with Gasteiger partial charge in [-0.25, -0.2) is 9.59 Å². The van der Waals surface area contributed by atoms with Crippen molar-refractivity contribution in [2.24, 2.45) is 0 Å². The van der Waals surface area contributed by atoms with Crippen molar-refractivity contribution >= 4 is 12.2 Å². The molecule has 0 aliphatic carbocycles. The summed E-state index contributed by atoms with van der Waals surface area (Å²) in [5, 5.41) is 0. The zero-order chi connectivity index (χ0) is 17.7. The number of carbonyl (C=O) groups is 2. The molecule has 0 aromatic heterocycles. The van der Waals surface area contributed by atoms with Gasteiger partial charge in [0, 0.05) is 51.7 Å². The van der Waals surface area contributed by atoms with E-state index in [0.717, 1.165) is 13.1 Å². The average molecular weight is 337 g/mol. The van der Waals surface area contributed by atoms with Gasteiger partial charge in [-0.1, -0.05) is 0 Å². The first-order valence-electron chi connectivity index (χ1n) is 8.37. The first-order chi connectivity index (χ1) is 11.3. The van der Waals surface area contributed by atoms with Gasteiger partial charge >= 0.3 is 12.2 Å². The minimum atomic E-state index is -0.470. The van der Waals surface area contributed by atoms with Gasteiger partial charge in [0.25, 0.3) is 0 Å². The van der Waals surface area contributed by atoms with Gasteiger partial charge < -0.3 is 19.3 Å². The number of rotatable bonds is 3. The molecule has 0 radical (unpaired) electrons. The molecule has 2 fully saturated rings. The normalized spacial score (nSPS) is 19.4. The molecule has 0 aromatic carbocycles. The van der Waals surface area contributed by atoms with Crippen molar-refractivity contribution < 1.29 is 19.1 Å². The maximum atomic E-state index is 12.0. The van der Waals surface area contributed by atoms with Crippen LogP contribution in [0, 0.1) is 12.3 Å². The van der Waals surface area contributed by atoms with Gasteiger partial charge in [0.05, 0.1) is 0 Å². The maximum Gasteiger partial charge on any atom is 0.410 e. The lowest BCUT2D eigenvalue weighted by Crippen LogP contribution is -2.64. The zero-order valence-corrected chi connectivity index (χ0v) is 14.8. The second kappa shape index (κ2) is 7.75. The number of hydrogen-bond donors (Lipinski definition) is 0. The molecule has 2 rings (SSSR count). The van der Waals surface area contributed by atoms with Crippen LogP contribution in [0.2, 0.25) is 0 Å². The highest BCUT2D eigenvalue weighted by molar-refractivity contribution is 5.69. The van der Waals surface area contributed by atoms with E-state index >= 15 is 0 Å². The summed E-state index contributed by atoms with van der Waals surface area (Å²) in [5.41, 5.74) is -0.470. The molecule has 2 aliphatic heterocycles. The van der Waals surface area contributed by atoms with Crippen molar-refractivity contribution in [1.29, 1.82) is 0 Å². The van der Waals surface area contributed by atoms with Gasteiger partial charge in [-0.15, -0.1) is 12.3 Å². The zero-order valence-electron chi connectivity index (χ0n) is 14.8. The summed E-state index contributed by atoms with van der Waals surface area (Å²) < 4.78 is 10.5. The van der Waals surface area contributed by atoms with E-state index in [2.05, 4.69) is 10.8 Å². The van der Waals surface area contributed by atoms with Crippen molar-refractivity contribution in [3.8, 4) is 12.3 Å². The Morgan fingerprint density at radius 1 is 1.08 bits per heavy atom. The molecule has 2 heterocycles. The van der Waals surface area contributed by atoms with Crippen molar-refractivity contribution in [3.63, 3.8) is 0 Å². The van der Waals surface area contributed by atoms with E-state index in [9.17, 15) is 9.59 Å². The Labute approximate surface area is 143 Å². The molecule has 0 N–H and O–H groups in total. The Morgan fingerprint density at radius 2 is 1.71 bits per heavy atom. The summed E-state index contributed by atoms with van der Waals surface area (Å²) in [5.74, 6) is 2.44. The molecule has 0 bridgehead atoms. The number of terminal acetylenes is 1. The van der Waals surface area contributed by atoms with Crippen LogP contribution in [0.25, 0.3) is 0 Å². The SMILES string of the molecule is C#CCCOC(=O)N1CC(N2CCN(C(=O)OC(C)(C)C)CC2)C1. The highest BCUT2D eigenvalue weighted by atomic mass is 16.6. The molecule has 0 unspecified atom stereocenters. The molecular formula is C17H27N3O4. The number of ether oxygens (including phenoxy) is 2. The average Bonchev–Trinajstić information content (AvgIpc) is 2.45. The Hall–Kier alpha value is -1.94. The van der Waals surface area contributed by atoms with Crippen LogP contribution in [-0.2, 0) is 9.47 Å². The lowest BCUT2D eigenvalue weighted by molar-refractivity contribution is -0.0120. The first-order valence-corrected chi connectivity index (χ1v) is 8.37. The lowest BCUT2D eigenvalue weighted by atomic mass is 10.1. The van der Waals surface area contributed by atoms with Gasteiger partial charge in [-0.2, -0.15) is 0 Å². The fraction of sp³-hybridized carbons (Fsp3) is 0.765. The molecular weight excluding hydrogens is 310 g/mol. The van der Waals surface area contributed by atoms with Crippen LogP contribution in [0.15, 0.2) is 0 Å². The summed E-state index contributed by atoms with van der Waals surface area (Å²) in [6, 6.07) is 0.339. The first kappa shape index (κ1) is 18.4. The maximum absolute atomic E-state index is 12.0. The predicted octanol–water partition coefficient (Wildman–Crippen LogP) is 1.38. The van der Waals surface area contributed by atoms with E-state index in [1.807, 2.05) is 20.8 Å². The van der Waals surface area contributed by atoms with Crippen LogP contribution in [-0.4, -0.2) is 84.4 Å². The Morgan fingerprint density at radius 3 is 2.25 bits per heavy atom. The molecule has 0 saturated carbocycles. The van der Waals surface area contributed by atoms with E-state index in [0.29, 0.717) is 38.6 Å². The van der Waals surface area contributed by atoms with Crippen LogP contribution in [0.3, 0.4) is 0 Å². The quantitative estimate of drug-likeness (QED) is 0.575. The van der Waals surface area contributed by atoms with E-state index in [1.165, 1.54) is 0 Å². The third kappa shape index (κ3) is 5.03. The molecule has 7 nitrogen and oxygen atoms in total. The van der Waals surface area contributed by atoms with Gasteiger partial charge in [-0.05, 0) is 20.8 Å². The van der Waals surface area contributed by atoms with Gasteiger partial charge in [0.1, 0.15) is 12.2 Å². The van der Waals surface area contributed by atoms with E-state index in [4.69, 9.17) is 15.9 Å². The fourth-order valence-electron chi connectivity index (χ4n) is 2.72. The van der Waals surface area contributed by atoms with Gasteiger partial charge in [-0.3, -0.25) is 4.90 Å². The lowest BCUT2D eigenvalue weighted by Gasteiger charge is -2.47. The highest BCUT2D eigenvalue weighted by Gasteiger charge is 2.37. The minimum Gasteiger partial charge on any atom is -0.448 e. The predicted molar refractivity (Wildman–Crippen MR) is 89.5 cm³/mol. The van der Waals surface area contributed by atoms with Crippen LogP contribution in [0.5, 0.6) is 0 Å². The van der Waals surface area contributed by atoms with Crippen LogP contribution < -0.4 is 0 Å². The number of carbonyl (C=O) groups excluding carboxylic acids is 2. The minimum absolute atomic E-state index is 0.255. The second-order valence-corrected chi connectivity index (χ2v) is 7.13. The molecule has 0 spiro atoms. The monoisotopic (exact) mass is 337 g/mol. The largest absolute Gasteiger partial charge is 0.448 e. The molecule has 7 heteroatoms. The summed E-state index contributed by atoms with van der Waals surface area (Å²) in [4.78, 5) is 29.5. The summed E-state index contributed by atoms with van der Waals surface area (Å²) in [7, 11) is 0. The van der Waals surface area contributed by atoms with Gasteiger partial charge in [0.2, 0.25) is 0 Å². The second-order valence-electron chi connectivity index (χ2n) is 7.13. The number of amides is 2. The summed E-state index contributed by atoms with van der Waals surface area (Å²) in [6.07, 6.45) is 5.01. The van der Waals surface area contributed by atoms with Crippen molar-refractivity contribution in [1.82, 2.24) is 14.7 Å². The third-order valence-electron chi connectivity index (χ3n) is 4.07. The Balaban J connectivity index is 1.67. The molecule has 2 aliphatic rings. The molecule has 0 aromatic rings. The van der Waals surface area contributed by atoms with Crippen molar-refractivity contribution in [2.75, 3.05) is 45.9 Å².